The van der Waals surface area contributed by atoms with E-state index in [1.807, 2.05) is 13.8 Å². The zero-order valence-corrected chi connectivity index (χ0v) is 22.7. The molecule has 2 rings (SSSR count). The summed E-state index contributed by atoms with van der Waals surface area (Å²) in [7, 11) is -3.83. The smallest absolute Gasteiger partial charge is 0.244 e. The van der Waals surface area contributed by atoms with Gasteiger partial charge < -0.3 is 10.2 Å². The third-order valence-electron chi connectivity index (χ3n) is 5.04. The number of carbonyl (C=O) groups is 2. The van der Waals surface area contributed by atoms with Gasteiger partial charge in [-0.2, -0.15) is 0 Å². The molecule has 0 spiro atoms. The molecular formula is C23H28Cl3N3O4S. The third kappa shape index (κ3) is 7.50. The quantitative estimate of drug-likeness (QED) is 0.494. The maximum atomic E-state index is 13.5. The van der Waals surface area contributed by atoms with Crippen LogP contribution in [0.3, 0.4) is 0 Å². The topological polar surface area (TPSA) is 86.8 Å². The van der Waals surface area contributed by atoms with Crippen molar-refractivity contribution in [2.24, 2.45) is 0 Å². The van der Waals surface area contributed by atoms with Crippen molar-refractivity contribution in [3.05, 3.63) is 62.6 Å². The molecule has 0 saturated heterocycles. The Morgan fingerprint density at radius 3 is 2.18 bits per heavy atom. The fraction of sp³-hybridized carbons (Fsp3) is 0.391. The summed E-state index contributed by atoms with van der Waals surface area (Å²) < 4.78 is 26.3. The highest BCUT2D eigenvalue weighted by molar-refractivity contribution is 7.92. The monoisotopic (exact) mass is 547 g/mol. The normalized spacial score (nSPS) is 12.4. The molecule has 0 aliphatic rings. The molecule has 11 heteroatoms. The molecule has 1 N–H and O–H groups in total. The lowest BCUT2D eigenvalue weighted by Gasteiger charge is -2.32. The highest BCUT2D eigenvalue weighted by Gasteiger charge is 2.30. The van der Waals surface area contributed by atoms with E-state index in [1.165, 1.54) is 4.90 Å². The van der Waals surface area contributed by atoms with Crippen molar-refractivity contribution in [2.45, 2.75) is 46.3 Å². The van der Waals surface area contributed by atoms with E-state index in [9.17, 15) is 18.0 Å². The highest BCUT2D eigenvalue weighted by atomic mass is 35.5. The van der Waals surface area contributed by atoms with Crippen LogP contribution < -0.4 is 9.62 Å². The van der Waals surface area contributed by atoms with Crippen LogP contribution in [0.15, 0.2) is 36.4 Å². The van der Waals surface area contributed by atoms with Crippen molar-refractivity contribution in [3.63, 3.8) is 0 Å². The molecule has 0 fully saturated rings. The van der Waals surface area contributed by atoms with Crippen LogP contribution in [0.1, 0.15) is 31.9 Å². The first-order valence-corrected chi connectivity index (χ1v) is 13.5. The number of hydrogen-bond acceptors (Lipinski definition) is 4. The maximum absolute atomic E-state index is 13.5. The molecule has 2 amide bonds. The van der Waals surface area contributed by atoms with Gasteiger partial charge in [-0.3, -0.25) is 13.9 Å². The van der Waals surface area contributed by atoms with Gasteiger partial charge in [0.15, 0.2) is 0 Å². The highest BCUT2D eigenvalue weighted by Crippen LogP contribution is 2.27. The van der Waals surface area contributed by atoms with Crippen LogP contribution in [-0.4, -0.2) is 50.0 Å². The van der Waals surface area contributed by atoms with Gasteiger partial charge >= 0.3 is 0 Å². The molecule has 2 aromatic rings. The molecule has 0 saturated carbocycles. The van der Waals surface area contributed by atoms with Crippen LogP contribution in [0.2, 0.25) is 15.1 Å². The van der Waals surface area contributed by atoms with Crippen LogP contribution in [0.4, 0.5) is 5.69 Å². The number of benzene rings is 2. The van der Waals surface area contributed by atoms with Crippen LogP contribution in [0.5, 0.6) is 0 Å². The van der Waals surface area contributed by atoms with Gasteiger partial charge in [-0.05, 0) is 69.2 Å². The second-order valence-corrected chi connectivity index (χ2v) is 11.5. The molecule has 0 radical (unpaired) electrons. The second-order valence-electron chi connectivity index (χ2n) is 8.31. The molecule has 0 aliphatic heterocycles. The number of nitrogens with one attached hydrogen (secondary N) is 1. The van der Waals surface area contributed by atoms with E-state index in [-0.39, 0.29) is 18.5 Å². The molecule has 186 valence electrons. The van der Waals surface area contributed by atoms with Gasteiger partial charge in [-0.15, -0.1) is 0 Å². The number of sulfonamides is 1. The Kier molecular flexibility index (Phi) is 9.65. The van der Waals surface area contributed by atoms with E-state index in [2.05, 4.69) is 5.32 Å². The first-order chi connectivity index (χ1) is 15.7. The van der Waals surface area contributed by atoms with Gasteiger partial charge in [0.05, 0.1) is 22.0 Å². The molecule has 0 aliphatic carbocycles. The molecule has 0 heterocycles. The lowest BCUT2D eigenvalue weighted by molar-refractivity contribution is -0.139. The molecule has 1 atom stereocenters. The second kappa shape index (κ2) is 11.6. The van der Waals surface area contributed by atoms with Crippen molar-refractivity contribution < 1.29 is 18.0 Å². The third-order valence-corrected chi connectivity index (χ3v) is 7.14. The summed E-state index contributed by atoms with van der Waals surface area (Å²) in [4.78, 5) is 27.6. The molecule has 7 nitrogen and oxygen atoms in total. The first-order valence-electron chi connectivity index (χ1n) is 10.5. The van der Waals surface area contributed by atoms with Crippen molar-refractivity contribution in [1.82, 2.24) is 10.2 Å². The summed E-state index contributed by atoms with van der Waals surface area (Å²) in [5.41, 5.74) is 1.56. The van der Waals surface area contributed by atoms with Crippen molar-refractivity contribution >= 4 is 62.3 Å². The molecule has 0 unspecified atom stereocenters. The van der Waals surface area contributed by atoms with Crippen molar-refractivity contribution in [1.29, 1.82) is 0 Å². The molecular weight excluding hydrogens is 521 g/mol. The zero-order valence-electron chi connectivity index (χ0n) is 19.6. The van der Waals surface area contributed by atoms with Gasteiger partial charge in [0, 0.05) is 17.6 Å². The van der Waals surface area contributed by atoms with Gasteiger partial charge in [0.2, 0.25) is 21.8 Å². The Labute approximate surface area is 216 Å². The molecule has 34 heavy (non-hydrogen) atoms. The minimum absolute atomic E-state index is 0.0274. The van der Waals surface area contributed by atoms with E-state index in [1.54, 1.807) is 50.2 Å². The summed E-state index contributed by atoms with van der Waals surface area (Å²) in [6.45, 7) is 6.44. The number of hydrogen-bond donors (Lipinski definition) is 1. The minimum atomic E-state index is -3.83. The number of amides is 2. The fourth-order valence-corrected chi connectivity index (χ4v) is 4.77. The summed E-state index contributed by atoms with van der Waals surface area (Å²) in [6, 6.07) is 8.60. The fourth-order valence-electron chi connectivity index (χ4n) is 3.32. The average Bonchev–Trinajstić information content (AvgIpc) is 2.71. The largest absolute Gasteiger partial charge is 0.352 e. The van der Waals surface area contributed by atoms with Gasteiger partial charge in [0.1, 0.15) is 12.6 Å². The number of anilines is 1. The van der Waals surface area contributed by atoms with Crippen LogP contribution in [0, 0.1) is 6.92 Å². The Morgan fingerprint density at radius 1 is 1.00 bits per heavy atom. The Balaban J connectivity index is 2.44. The standard InChI is InChI=1S/C23H28Cl3N3O4S/c1-14(2)27-23(31)16(4)28(12-17-6-8-19(25)20(26)11-17)22(30)13-29(34(5,32)33)21-9-7-18(24)10-15(21)3/h6-11,14,16H,12-13H2,1-5H3,(H,27,31)/t16-/m0/s1. The number of aryl methyl sites for hydroxylation is 1. The zero-order chi connectivity index (χ0) is 25.8. The summed E-state index contributed by atoms with van der Waals surface area (Å²) in [5, 5.41) is 3.90. The van der Waals surface area contributed by atoms with E-state index >= 15 is 0 Å². The number of halogens is 3. The lowest BCUT2D eigenvalue weighted by atomic mass is 10.1. The summed E-state index contributed by atoms with van der Waals surface area (Å²) in [6.07, 6.45) is 1.02. The number of nitrogens with zero attached hydrogens (tertiary/aromatic N) is 2. The molecule has 2 aromatic carbocycles. The Hall–Kier alpha value is -2.00. The maximum Gasteiger partial charge on any atom is 0.244 e. The molecule has 0 bridgehead atoms. The van der Waals surface area contributed by atoms with Gasteiger partial charge in [-0.25, -0.2) is 8.42 Å². The van der Waals surface area contributed by atoms with Crippen LogP contribution in [-0.2, 0) is 26.2 Å². The van der Waals surface area contributed by atoms with Gasteiger partial charge in [-0.1, -0.05) is 40.9 Å². The van der Waals surface area contributed by atoms with E-state index in [0.717, 1.165) is 10.6 Å². The lowest BCUT2D eigenvalue weighted by Crippen LogP contribution is -2.52. The minimum Gasteiger partial charge on any atom is -0.352 e. The summed E-state index contributed by atoms with van der Waals surface area (Å²) in [5.74, 6) is -0.922. The number of carbonyl (C=O) groups excluding carboxylic acids is 2. The SMILES string of the molecule is Cc1cc(Cl)ccc1N(CC(=O)N(Cc1ccc(Cl)c(Cl)c1)[C@@H](C)C(=O)NC(C)C)S(C)(=O)=O. The van der Waals surface area contributed by atoms with E-state index in [0.29, 0.717) is 31.9 Å². The van der Waals surface area contributed by atoms with Crippen LogP contribution in [0.25, 0.3) is 0 Å². The average molecular weight is 549 g/mol. The van der Waals surface area contributed by atoms with Crippen molar-refractivity contribution in [3.8, 4) is 0 Å². The predicted molar refractivity (Wildman–Crippen MR) is 138 cm³/mol. The Bertz CT molecular complexity index is 1170. The van der Waals surface area contributed by atoms with E-state index < -0.39 is 28.5 Å². The van der Waals surface area contributed by atoms with Crippen LogP contribution >= 0.6 is 34.8 Å². The van der Waals surface area contributed by atoms with Gasteiger partial charge in [0.25, 0.3) is 0 Å². The van der Waals surface area contributed by atoms with Crippen molar-refractivity contribution in [2.75, 3.05) is 17.1 Å². The molecule has 0 aromatic heterocycles. The predicted octanol–water partition coefficient (Wildman–Crippen LogP) is 4.66. The van der Waals surface area contributed by atoms with E-state index in [4.69, 9.17) is 34.8 Å². The number of rotatable bonds is 9. The first kappa shape index (κ1) is 28.2. The summed E-state index contributed by atoms with van der Waals surface area (Å²) >= 11 is 18.1. The Morgan fingerprint density at radius 2 is 1.65 bits per heavy atom.